The van der Waals surface area contributed by atoms with Crippen LogP contribution in [0.3, 0.4) is 0 Å². The van der Waals surface area contributed by atoms with Crippen LogP contribution in [0.5, 0.6) is 0 Å². The minimum absolute atomic E-state index is 0.0230. The molecule has 7 nitrogen and oxygen atoms in total. The zero-order valence-electron chi connectivity index (χ0n) is 19.1. The van der Waals surface area contributed by atoms with E-state index in [9.17, 15) is 9.59 Å². The normalized spacial score (nSPS) is 20.4. The summed E-state index contributed by atoms with van der Waals surface area (Å²) in [5.41, 5.74) is 2.61. The molecule has 2 fully saturated rings. The third-order valence-electron chi connectivity index (χ3n) is 6.68. The second kappa shape index (κ2) is 10.3. The Hall–Kier alpha value is -2.67. The number of rotatable bonds is 6. The summed E-state index contributed by atoms with van der Waals surface area (Å²) in [4.78, 5) is 30.1. The van der Waals surface area contributed by atoms with Crippen molar-refractivity contribution in [2.75, 3.05) is 19.6 Å². The van der Waals surface area contributed by atoms with E-state index in [4.69, 9.17) is 9.26 Å². The fourth-order valence-corrected chi connectivity index (χ4v) is 4.79. The quantitative estimate of drug-likeness (QED) is 0.689. The highest BCUT2D eigenvalue weighted by atomic mass is 16.5. The van der Waals surface area contributed by atoms with Gasteiger partial charge < -0.3 is 19.1 Å². The van der Waals surface area contributed by atoms with Crippen LogP contribution in [0.1, 0.15) is 54.7 Å². The summed E-state index contributed by atoms with van der Waals surface area (Å²) >= 11 is 0. The first-order chi connectivity index (χ1) is 15.5. The highest BCUT2D eigenvalue weighted by Crippen LogP contribution is 2.25. The Labute approximate surface area is 189 Å². The van der Waals surface area contributed by atoms with Gasteiger partial charge >= 0.3 is 0 Å². The molecule has 2 aromatic rings. The monoisotopic (exact) mass is 439 g/mol. The molecule has 2 heterocycles. The number of hydrogen-bond donors (Lipinski definition) is 0. The molecule has 0 spiro atoms. The molecule has 1 saturated heterocycles. The highest BCUT2D eigenvalue weighted by Gasteiger charge is 2.35. The molecule has 172 valence electrons. The molecule has 1 atom stereocenters. The SMILES string of the molecule is Cc1noc(C)c1CC(=O)N1CC(=O)N(C2CCCCC2)C[C@@H](OCc2ccccc2)C1. The number of carbonyl (C=O) groups is 2. The summed E-state index contributed by atoms with van der Waals surface area (Å²) in [6.07, 6.45) is 5.56. The van der Waals surface area contributed by atoms with E-state index in [0.717, 1.165) is 42.5 Å². The van der Waals surface area contributed by atoms with Crippen molar-refractivity contribution in [3.05, 3.63) is 52.9 Å². The van der Waals surface area contributed by atoms with Crippen molar-refractivity contribution in [3.63, 3.8) is 0 Å². The molecule has 0 bridgehead atoms. The topological polar surface area (TPSA) is 75.9 Å². The van der Waals surface area contributed by atoms with Gasteiger partial charge in [0, 0.05) is 24.7 Å². The van der Waals surface area contributed by atoms with Crippen molar-refractivity contribution < 1.29 is 18.8 Å². The largest absolute Gasteiger partial charge is 0.370 e. The smallest absolute Gasteiger partial charge is 0.242 e. The minimum atomic E-state index is -0.225. The molecule has 1 aromatic heterocycles. The zero-order valence-corrected chi connectivity index (χ0v) is 19.1. The van der Waals surface area contributed by atoms with E-state index in [-0.39, 0.29) is 36.9 Å². The van der Waals surface area contributed by atoms with E-state index in [1.807, 2.05) is 49.1 Å². The molecule has 0 unspecified atom stereocenters. The molecule has 1 saturated carbocycles. The molecule has 7 heteroatoms. The van der Waals surface area contributed by atoms with Crippen molar-refractivity contribution in [1.29, 1.82) is 0 Å². The Morgan fingerprint density at radius 2 is 1.88 bits per heavy atom. The molecule has 0 radical (unpaired) electrons. The number of nitrogens with zero attached hydrogens (tertiary/aromatic N) is 3. The maximum atomic E-state index is 13.2. The predicted molar refractivity (Wildman–Crippen MR) is 120 cm³/mol. The van der Waals surface area contributed by atoms with Crippen LogP contribution >= 0.6 is 0 Å². The molecule has 32 heavy (non-hydrogen) atoms. The van der Waals surface area contributed by atoms with Gasteiger partial charge in [-0.25, -0.2) is 0 Å². The molecular formula is C25H33N3O4. The zero-order chi connectivity index (χ0) is 22.5. The van der Waals surface area contributed by atoms with Gasteiger partial charge in [0.05, 0.1) is 31.4 Å². The number of amides is 2. The lowest BCUT2D eigenvalue weighted by molar-refractivity contribution is -0.139. The van der Waals surface area contributed by atoms with Gasteiger partial charge in [0.15, 0.2) is 0 Å². The summed E-state index contributed by atoms with van der Waals surface area (Å²) in [5.74, 6) is 0.582. The van der Waals surface area contributed by atoms with Gasteiger partial charge in [0.25, 0.3) is 0 Å². The fraction of sp³-hybridized carbons (Fsp3) is 0.560. The lowest BCUT2D eigenvalue weighted by atomic mass is 9.94. The van der Waals surface area contributed by atoms with Gasteiger partial charge in [-0.15, -0.1) is 0 Å². The first-order valence-electron chi connectivity index (χ1n) is 11.7. The second-order valence-corrected chi connectivity index (χ2v) is 9.01. The van der Waals surface area contributed by atoms with Gasteiger partial charge in [-0.05, 0) is 32.3 Å². The van der Waals surface area contributed by atoms with Gasteiger partial charge in [-0.3, -0.25) is 9.59 Å². The first kappa shape index (κ1) is 22.5. The Kier molecular flexibility index (Phi) is 7.25. The van der Waals surface area contributed by atoms with Crippen molar-refractivity contribution >= 4 is 11.8 Å². The van der Waals surface area contributed by atoms with Gasteiger partial charge in [-0.1, -0.05) is 54.8 Å². The van der Waals surface area contributed by atoms with Crippen LogP contribution in [0.15, 0.2) is 34.9 Å². The number of hydrogen-bond acceptors (Lipinski definition) is 5. The number of ether oxygens (including phenoxy) is 1. The Bertz CT molecular complexity index is 901. The van der Waals surface area contributed by atoms with Crippen LogP contribution in [-0.4, -0.2) is 58.6 Å². The van der Waals surface area contributed by atoms with Gasteiger partial charge in [0.2, 0.25) is 11.8 Å². The third-order valence-corrected chi connectivity index (χ3v) is 6.68. The Balaban J connectivity index is 1.50. The van der Waals surface area contributed by atoms with Crippen LogP contribution in [0.2, 0.25) is 0 Å². The van der Waals surface area contributed by atoms with Crippen LogP contribution < -0.4 is 0 Å². The number of benzene rings is 1. The molecule has 2 amide bonds. The van der Waals surface area contributed by atoms with E-state index in [0.29, 0.717) is 25.5 Å². The maximum absolute atomic E-state index is 13.2. The Morgan fingerprint density at radius 1 is 1.12 bits per heavy atom. The summed E-state index contributed by atoms with van der Waals surface area (Å²) in [5, 5.41) is 3.95. The third kappa shape index (κ3) is 5.38. The summed E-state index contributed by atoms with van der Waals surface area (Å²) in [7, 11) is 0. The minimum Gasteiger partial charge on any atom is -0.370 e. The number of aromatic nitrogens is 1. The average molecular weight is 440 g/mol. The molecule has 4 rings (SSSR count). The first-order valence-corrected chi connectivity index (χ1v) is 11.7. The van der Waals surface area contributed by atoms with Crippen LogP contribution in [-0.2, 0) is 27.4 Å². The Morgan fingerprint density at radius 3 is 2.56 bits per heavy atom. The highest BCUT2D eigenvalue weighted by molar-refractivity contribution is 5.86. The fourth-order valence-electron chi connectivity index (χ4n) is 4.79. The van der Waals surface area contributed by atoms with E-state index in [1.54, 1.807) is 4.90 Å². The predicted octanol–water partition coefficient (Wildman–Crippen LogP) is 3.42. The average Bonchev–Trinajstić information content (AvgIpc) is 3.02. The molecular weight excluding hydrogens is 406 g/mol. The van der Waals surface area contributed by atoms with Gasteiger partial charge in [-0.2, -0.15) is 0 Å². The van der Waals surface area contributed by atoms with E-state index in [1.165, 1.54) is 6.42 Å². The number of carbonyl (C=O) groups excluding carboxylic acids is 2. The van der Waals surface area contributed by atoms with E-state index in [2.05, 4.69) is 5.16 Å². The van der Waals surface area contributed by atoms with Crippen molar-refractivity contribution in [1.82, 2.24) is 15.0 Å². The van der Waals surface area contributed by atoms with Gasteiger partial charge in [0.1, 0.15) is 5.76 Å². The lowest BCUT2D eigenvalue weighted by Crippen LogP contribution is -2.46. The van der Waals surface area contributed by atoms with E-state index < -0.39 is 0 Å². The summed E-state index contributed by atoms with van der Waals surface area (Å²) in [6.45, 7) is 5.15. The van der Waals surface area contributed by atoms with E-state index >= 15 is 0 Å². The lowest BCUT2D eigenvalue weighted by Gasteiger charge is -2.34. The standard InChI is InChI=1S/C25H33N3O4/c1-18-23(19(2)32-26-18)13-24(29)27-14-22(31-17-20-9-5-3-6-10-20)15-28(25(30)16-27)21-11-7-4-8-12-21/h3,5-6,9-10,21-22H,4,7-8,11-17H2,1-2H3/t22-/m0/s1. The van der Waals surface area contributed by atoms with Crippen LogP contribution in [0.4, 0.5) is 0 Å². The second-order valence-electron chi connectivity index (χ2n) is 9.01. The number of aryl methyl sites for hydroxylation is 2. The molecule has 1 aromatic carbocycles. The van der Waals surface area contributed by atoms with Crippen molar-refractivity contribution in [2.45, 2.75) is 71.1 Å². The molecule has 0 N–H and O–H groups in total. The van der Waals surface area contributed by atoms with Crippen molar-refractivity contribution in [2.24, 2.45) is 0 Å². The molecule has 2 aliphatic rings. The molecule has 1 aliphatic heterocycles. The summed E-state index contributed by atoms with van der Waals surface area (Å²) in [6, 6.07) is 10.3. The van der Waals surface area contributed by atoms with Crippen LogP contribution in [0, 0.1) is 13.8 Å². The van der Waals surface area contributed by atoms with Crippen molar-refractivity contribution in [3.8, 4) is 0 Å². The summed E-state index contributed by atoms with van der Waals surface area (Å²) < 4.78 is 11.5. The van der Waals surface area contributed by atoms with Crippen LogP contribution in [0.25, 0.3) is 0 Å². The maximum Gasteiger partial charge on any atom is 0.242 e. The molecule has 1 aliphatic carbocycles.